The first-order valence-corrected chi connectivity index (χ1v) is 5.53. The Morgan fingerprint density at radius 1 is 1.33 bits per heavy atom. The summed E-state index contributed by atoms with van der Waals surface area (Å²) in [5, 5.41) is 0.648. The molecule has 1 heterocycles. The van der Waals surface area contributed by atoms with Crippen molar-refractivity contribution in [2.75, 3.05) is 19.1 Å². The molecule has 1 aliphatic heterocycles. The van der Waals surface area contributed by atoms with Gasteiger partial charge in [0, 0.05) is 10.9 Å². The van der Waals surface area contributed by atoms with Gasteiger partial charge in [-0.15, -0.1) is 11.6 Å². The summed E-state index contributed by atoms with van der Waals surface area (Å²) < 4.78 is 5.18. The number of ketones is 1. The Bertz CT molecular complexity index is 375. The van der Waals surface area contributed by atoms with Crippen molar-refractivity contribution in [2.45, 2.75) is 5.41 Å². The highest BCUT2D eigenvalue weighted by molar-refractivity contribution is 6.30. The highest BCUT2D eigenvalue weighted by Gasteiger charge is 2.43. The summed E-state index contributed by atoms with van der Waals surface area (Å²) in [5.74, 6) is 0.285. The molecule has 1 fully saturated rings. The van der Waals surface area contributed by atoms with Gasteiger partial charge in [0.1, 0.15) is 6.61 Å². The Morgan fingerprint density at radius 2 is 2.00 bits per heavy atom. The van der Waals surface area contributed by atoms with Crippen LogP contribution < -0.4 is 0 Å². The van der Waals surface area contributed by atoms with Crippen LogP contribution in [0.2, 0.25) is 5.02 Å². The largest absolute Gasteiger partial charge is 0.372 e. The van der Waals surface area contributed by atoms with E-state index in [1.807, 2.05) is 12.1 Å². The van der Waals surface area contributed by atoms with Crippen molar-refractivity contribution < 1.29 is 9.53 Å². The Balaban J connectivity index is 2.42. The molecule has 1 aromatic rings. The maximum absolute atomic E-state index is 11.8. The van der Waals surface area contributed by atoms with Crippen LogP contribution in [0.3, 0.4) is 0 Å². The van der Waals surface area contributed by atoms with Crippen LogP contribution in [-0.4, -0.2) is 24.9 Å². The van der Waals surface area contributed by atoms with E-state index < -0.39 is 5.41 Å². The summed E-state index contributed by atoms with van der Waals surface area (Å²) in [6, 6.07) is 7.18. The molecular weight excluding hydrogens is 235 g/mol. The molecule has 0 unspecified atom stereocenters. The fourth-order valence-corrected chi connectivity index (χ4v) is 2.25. The third kappa shape index (κ3) is 1.78. The van der Waals surface area contributed by atoms with Crippen LogP contribution in [-0.2, 0) is 14.9 Å². The number of hydrogen-bond acceptors (Lipinski definition) is 2. The average Bonchev–Trinajstić information content (AvgIpc) is 2.62. The van der Waals surface area contributed by atoms with E-state index in [0.717, 1.165) is 5.56 Å². The lowest BCUT2D eigenvalue weighted by molar-refractivity contribution is -0.121. The van der Waals surface area contributed by atoms with Gasteiger partial charge in [0.25, 0.3) is 0 Å². The molecule has 0 radical (unpaired) electrons. The molecule has 80 valence electrons. The summed E-state index contributed by atoms with van der Waals surface area (Å²) in [4.78, 5) is 11.8. The molecule has 0 spiro atoms. The topological polar surface area (TPSA) is 26.3 Å². The van der Waals surface area contributed by atoms with Gasteiger partial charge in [0.05, 0.1) is 12.0 Å². The van der Waals surface area contributed by atoms with Gasteiger partial charge in [-0.25, -0.2) is 0 Å². The van der Waals surface area contributed by atoms with Crippen LogP contribution >= 0.6 is 23.2 Å². The zero-order chi connectivity index (χ0) is 10.9. The highest BCUT2D eigenvalue weighted by Crippen LogP contribution is 2.32. The Labute approximate surface area is 98.1 Å². The zero-order valence-corrected chi connectivity index (χ0v) is 9.52. The Morgan fingerprint density at radius 3 is 2.47 bits per heavy atom. The molecule has 1 atom stereocenters. The smallest absolute Gasteiger partial charge is 0.172 e. The first-order valence-electron chi connectivity index (χ1n) is 4.62. The molecule has 1 saturated heterocycles. The van der Waals surface area contributed by atoms with Gasteiger partial charge in [-0.05, 0) is 17.7 Å². The van der Waals surface area contributed by atoms with Crippen LogP contribution in [0.5, 0.6) is 0 Å². The molecule has 15 heavy (non-hydrogen) atoms. The van der Waals surface area contributed by atoms with Crippen molar-refractivity contribution >= 4 is 29.0 Å². The van der Waals surface area contributed by atoms with E-state index in [1.54, 1.807) is 12.1 Å². The number of alkyl halides is 1. The molecule has 4 heteroatoms. The van der Waals surface area contributed by atoms with Crippen LogP contribution in [0.15, 0.2) is 24.3 Å². The number of benzene rings is 1. The Hall–Kier alpha value is -0.570. The summed E-state index contributed by atoms with van der Waals surface area (Å²) in [6.07, 6.45) is 0. The van der Waals surface area contributed by atoms with Gasteiger partial charge in [-0.1, -0.05) is 23.7 Å². The third-order valence-corrected chi connectivity index (χ3v) is 3.45. The molecule has 0 aromatic heterocycles. The fraction of sp³-hybridized carbons (Fsp3) is 0.364. The van der Waals surface area contributed by atoms with Crippen molar-refractivity contribution in [3.05, 3.63) is 34.9 Å². The van der Waals surface area contributed by atoms with Gasteiger partial charge >= 0.3 is 0 Å². The first-order chi connectivity index (χ1) is 7.19. The number of Topliss-reactive ketones (excluding diaryl/α,β-unsaturated/α-hetero) is 1. The SMILES string of the molecule is O=C1COC[C@]1(CCl)c1ccc(Cl)cc1. The van der Waals surface area contributed by atoms with Gasteiger partial charge in [0.2, 0.25) is 0 Å². The van der Waals surface area contributed by atoms with Crippen LogP contribution in [0.25, 0.3) is 0 Å². The van der Waals surface area contributed by atoms with E-state index in [9.17, 15) is 4.79 Å². The van der Waals surface area contributed by atoms with E-state index >= 15 is 0 Å². The monoisotopic (exact) mass is 244 g/mol. The van der Waals surface area contributed by atoms with E-state index in [0.29, 0.717) is 11.6 Å². The maximum atomic E-state index is 11.8. The summed E-state index contributed by atoms with van der Waals surface area (Å²) in [6.45, 7) is 0.506. The Kier molecular flexibility index (Phi) is 3.01. The summed E-state index contributed by atoms with van der Waals surface area (Å²) >= 11 is 11.7. The molecule has 0 N–H and O–H groups in total. The van der Waals surface area contributed by atoms with Gasteiger partial charge in [-0.3, -0.25) is 4.79 Å². The number of rotatable bonds is 2. The van der Waals surface area contributed by atoms with Crippen molar-refractivity contribution in [1.29, 1.82) is 0 Å². The molecule has 0 amide bonds. The molecule has 0 aliphatic carbocycles. The molecule has 2 nitrogen and oxygen atoms in total. The molecule has 2 rings (SSSR count). The summed E-state index contributed by atoms with van der Waals surface area (Å²) in [7, 11) is 0. The lowest BCUT2D eigenvalue weighted by Gasteiger charge is -2.23. The third-order valence-electron chi connectivity index (χ3n) is 2.74. The summed E-state index contributed by atoms with van der Waals surface area (Å²) in [5.41, 5.74) is 0.205. The van der Waals surface area contributed by atoms with Crippen LogP contribution in [0.1, 0.15) is 5.56 Å². The predicted octanol–water partition coefficient (Wildman–Crippen LogP) is 2.42. The van der Waals surface area contributed by atoms with Crippen LogP contribution in [0.4, 0.5) is 0 Å². The number of carbonyl (C=O) groups is 1. The molecule has 0 saturated carbocycles. The van der Waals surface area contributed by atoms with Crippen molar-refractivity contribution in [1.82, 2.24) is 0 Å². The number of hydrogen-bond donors (Lipinski definition) is 0. The fourth-order valence-electron chi connectivity index (χ4n) is 1.74. The second-order valence-corrected chi connectivity index (χ2v) is 4.34. The number of ether oxygens (including phenoxy) is 1. The molecular formula is C11H10Cl2O2. The van der Waals surface area contributed by atoms with Gasteiger partial charge < -0.3 is 4.74 Å². The first kappa shape index (κ1) is 10.9. The second-order valence-electron chi connectivity index (χ2n) is 3.64. The van der Waals surface area contributed by atoms with Crippen molar-refractivity contribution in [3.63, 3.8) is 0 Å². The van der Waals surface area contributed by atoms with E-state index in [2.05, 4.69) is 0 Å². The second kappa shape index (κ2) is 4.12. The van der Waals surface area contributed by atoms with E-state index in [4.69, 9.17) is 27.9 Å². The van der Waals surface area contributed by atoms with E-state index in [-0.39, 0.29) is 18.3 Å². The highest BCUT2D eigenvalue weighted by atomic mass is 35.5. The maximum Gasteiger partial charge on any atom is 0.172 e. The van der Waals surface area contributed by atoms with Crippen LogP contribution in [0, 0.1) is 0 Å². The van der Waals surface area contributed by atoms with Crippen molar-refractivity contribution in [3.8, 4) is 0 Å². The zero-order valence-electron chi connectivity index (χ0n) is 8.00. The van der Waals surface area contributed by atoms with Gasteiger partial charge in [-0.2, -0.15) is 0 Å². The number of halogens is 2. The van der Waals surface area contributed by atoms with E-state index in [1.165, 1.54) is 0 Å². The quantitative estimate of drug-likeness (QED) is 0.748. The minimum atomic E-state index is -0.674. The lowest BCUT2D eigenvalue weighted by atomic mass is 9.81. The standard InChI is InChI=1S/C11H10Cl2O2/c12-6-11(7-15-5-10(11)14)8-1-3-9(13)4-2-8/h1-4H,5-7H2/t11-/m1/s1. The van der Waals surface area contributed by atoms with Gasteiger partial charge in [0.15, 0.2) is 5.78 Å². The predicted molar refractivity (Wildman–Crippen MR) is 59.7 cm³/mol. The average molecular weight is 245 g/mol. The minimum Gasteiger partial charge on any atom is -0.372 e. The minimum absolute atomic E-state index is 0.0415. The number of carbonyl (C=O) groups excluding carboxylic acids is 1. The lowest BCUT2D eigenvalue weighted by Crippen LogP contribution is -2.36. The normalized spacial score (nSPS) is 25.9. The molecule has 1 aliphatic rings. The van der Waals surface area contributed by atoms with Crippen molar-refractivity contribution in [2.24, 2.45) is 0 Å². The molecule has 0 bridgehead atoms. The molecule has 1 aromatic carbocycles.